The van der Waals surface area contributed by atoms with Crippen LogP contribution in [0.5, 0.6) is 0 Å². The quantitative estimate of drug-likeness (QED) is 0.741. The van der Waals surface area contributed by atoms with E-state index in [2.05, 4.69) is 62.7 Å². The topological polar surface area (TPSA) is 61.5 Å². The third-order valence-corrected chi connectivity index (χ3v) is 5.90. The van der Waals surface area contributed by atoms with E-state index in [0.717, 1.165) is 69.0 Å². The molecule has 158 valence electrons. The molecule has 2 aliphatic rings. The lowest BCUT2D eigenvalue weighted by Gasteiger charge is -2.34. The van der Waals surface area contributed by atoms with Gasteiger partial charge in [0, 0.05) is 57.6 Å². The molecule has 29 heavy (non-hydrogen) atoms. The number of piperazine rings is 1. The molecule has 0 spiro atoms. The van der Waals surface area contributed by atoms with Crippen molar-refractivity contribution in [3.05, 3.63) is 24.2 Å². The molecule has 2 saturated heterocycles. The molecule has 4 rings (SSSR count). The zero-order valence-corrected chi connectivity index (χ0v) is 18.0. The Bertz CT molecular complexity index is 766. The number of pyridine rings is 1. The fourth-order valence-corrected chi connectivity index (χ4v) is 4.38. The number of nitrogens with zero attached hydrogens (tertiary/aromatic N) is 6. The van der Waals surface area contributed by atoms with Crippen molar-refractivity contribution in [1.82, 2.24) is 24.9 Å². The van der Waals surface area contributed by atoms with Gasteiger partial charge in [-0.1, -0.05) is 25.9 Å². The number of aromatic nitrogens is 3. The van der Waals surface area contributed by atoms with Crippen LogP contribution in [0.4, 0.5) is 5.82 Å². The number of hydrogen-bond donors (Lipinski definition) is 0. The van der Waals surface area contributed by atoms with Gasteiger partial charge in [0.2, 0.25) is 11.7 Å². The Hall–Kier alpha value is -1.99. The highest BCUT2D eigenvalue weighted by Crippen LogP contribution is 2.23. The summed E-state index contributed by atoms with van der Waals surface area (Å²) in [5.74, 6) is 3.81. The van der Waals surface area contributed by atoms with E-state index in [-0.39, 0.29) is 0 Å². The van der Waals surface area contributed by atoms with E-state index in [0.29, 0.717) is 11.7 Å². The number of hydrogen-bond acceptors (Lipinski definition) is 7. The molecule has 2 aromatic rings. The van der Waals surface area contributed by atoms with Gasteiger partial charge in [0.05, 0.1) is 6.54 Å². The van der Waals surface area contributed by atoms with Crippen molar-refractivity contribution in [2.24, 2.45) is 11.8 Å². The molecule has 4 heterocycles. The van der Waals surface area contributed by atoms with E-state index < -0.39 is 0 Å². The normalized spacial score (nSPS) is 21.8. The molecule has 0 aliphatic carbocycles. The fourth-order valence-electron chi connectivity index (χ4n) is 4.38. The summed E-state index contributed by atoms with van der Waals surface area (Å²) in [5.41, 5.74) is 0.913. The Morgan fingerprint density at radius 1 is 1.10 bits per heavy atom. The molecular weight excluding hydrogens is 364 g/mol. The van der Waals surface area contributed by atoms with E-state index in [4.69, 9.17) is 4.52 Å². The Kier molecular flexibility index (Phi) is 6.45. The van der Waals surface area contributed by atoms with Crippen molar-refractivity contribution >= 4 is 5.82 Å². The summed E-state index contributed by atoms with van der Waals surface area (Å²) in [6.07, 6.45) is 4.42. The van der Waals surface area contributed by atoms with Gasteiger partial charge in [0.1, 0.15) is 5.82 Å². The minimum absolute atomic E-state index is 0.629. The smallest absolute Gasteiger partial charge is 0.241 e. The number of anilines is 1. The van der Waals surface area contributed by atoms with Crippen molar-refractivity contribution in [1.29, 1.82) is 0 Å². The summed E-state index contributed by atoms with van der Waals surface area (Å²) in [5, 5.41) is 4.18. The highest BCUT2D eigenvalue weighted by Gasteiger charge is 2.21. The lowest BCUT2D eigenvalue weighted by atomic mass is 10.0. The zero-order valence-electron chi connectivity index (χ0n) is 18.0. The highest BCUT2D eigenvalue weighted by molar-refractivity contribution is 5.55. The summed E-state index contributed by atoms with van der Waals surface area (Å²) in [6.45, 7) is 15.3. The van der Waals surface area contributed by atoms with Crippen molar-refractivity contribution in [3.63, 3.8) is 0 Å². The Labute approximate surface area is 174 Å². The standard InChI is InChI=1S/C22H34N6O/c1-17(2)14-26-9-11-27(12-10-26)16-21-24-22(25-29-21)19-6-7-20(23-13-19)28-8-4-5-18(3)15-28/h6-7,13,17-18H,4-5,8-12,14-16H2,1-3H3. The maximum Gasteiger partial charge on any atom is 0.241 e. The molecule has 2 fully saturated rings. The molecule has 0 amide bonds. The second-order valence-corrected chi connectivity index (χ2v) is 9.08. The minimum Gasteiger partial charge on any atom is -0.356 e. The van der Waals surface area contributed by atoms with Gasteiger partial charge >= 0.3 is 0 Å². The molecule has 0 aromatic carbocycles. The lowest BCUT2D eigenvalue weighted by molar-refractivity contribution is 0.108. The van der Waals surface area contributed by atoms with Crippen LogP contribution >= 0.6 is 0 Å². The summed E-state index contributed by atoms with van der Waals surface area (Å²) < 4.78 is 5.52. The third kappa shape index (κ3) is 5.34. The molecular formula is C22H34N6O. The molecule has 0 saturated carbocycles. The van der Waals surface area contributed by atoms with Crippen LogP contribution in [0, 0.1) is 11.8 Å². The first-order chi connectivity index (χ1) is 14.1. The van der Waals surface area contributed by atoms with Gasteiger partial charge in [0.15, 0.2) is 0 Å². The average Bonchev–Trinajstić information content (AvgIpc) is 3.18. The van der Waals surface area contributed by atoms with Crippen LogP contribution in [0.3, 0.4) is 0 Å². The SMILES string of the molecule is CC(C)CN1CCN(Cc2nc(-c3ccc(N4CCCC(C)C4)nc3)no2)CC1. The predicted molar refractivity (Wildman–Crippen MR) is 115 cm³/mol. The molecule has 2 aliphatic heterocycles. The largest absolute Gasteiger partial charge is 0.356 e. The van der Waals surface area contributed by atoms with Gasteiger partial charge in [-0.05, 0) is 36.8 Å². The molecule has 2 aromatic heterocycles. The summed E-state index contributed by atoms with van der Waals surface area (Å²) in [4.78, 5) is 16.6. The second kappa shape index (κ2) is 9.22. The van der Waals surface area contributed by atoms with Crippen LogP contribution in [-0.4, -0.2) is 70.7 Å². The van der Waals surface area contributed by atoms with Crippen molar-refractivity contribution in [3.8, 4) is 11.4 Å². The molecule has 1 unspecified atom stereocenters. The summed E-state index contributed by atoms with van der Waals surface area (Å²) in [6, 6.07) is 4.14. The first-order valence-electron chi connectivity index (χ1n) is 11.1. The average molecular weight is 399 g/mol. The van der Waals surface area contributed by atoms with Crippen LogP contribution in [0.2, 0.25) is 0 Å². The fraction of sp³-hybridized carbons (Fsp3) is 0.682. The summed E-state index contributed by atoms with van der Waals surface area (Å²) in [7, 11) is 0. The molecule has 0 bridgehead atoms. The van der Waals surface area contributed by atoms with E-state index in [9.17, 15) is 0 Å². The minimum atomic E-state index is 0.629. The van der Waals surface area contributed by atoms with Crippen molar-refractivity contribution < 1.29 is 4.52 Å². The van der Waals surface area contributed by atoms with Gasteiger partial charge in [0.25, 0.3) is 0 Å². The van der Waals surface area contributed by atoms with Crippen LogP contribution in [0.25, 0.3) is 11.4 Å². The van der Waals surface area contributed by atoms with Gasteiger partial charge in [-0.15, -0.1) is 0 Å². The first kappa shape index (κ1) is 20.3. The van der Waals surface area contributed by atoms with Crippen LogP contribution in [0.1, 0.15) is 39.5 Å². The Morgan fingerprint density at radius 2 is 1.90 bits per heavy atom. The van der Waals surface area contributed by atoms with Crippen LogP contribution in [0.15, 0.2) is 22.9 Å². The van der Waals surface area contributed by atoms with Gasteiger partial charge < -0.3 is 14.3 Å². The molecule has 7 nitrogen and oxygen atoms in total. The lowest BCUT2D eigenvalue weighted by Crippen LogP contribution is -2.46. The van der Waals surface area contributed by atoms with E-state index in [1.54, 1.807) is 0 Å². The Balaban J connectivity index is 1.32. The van der Waals surface area contributed by atoms with E-state index >= 15 is 0 Å². The van der Waals surface area contributed by atoms with Crippen molar-refractivity contribution in [2.75, 3.05) is 50.7 Å². The third-order valence-electron chi connectivity index (χ3n) is 5.90. The van der Waals surface area contributed by atoms with Gasteiger partial charge in [-0.25, -0.2) is 4.98 Å². The van der Waals surface area contributed by atoms with Crippen LogP contribution in [-0.2, 0) is 6.54 Å². The first-order valence-corrected chi connectivity index (χ1v) is 11.1. The molecule has 1 atom stereocenters. The zero-order chi connectivity index (χ0) is 20.2. The monoisotopic (exact) mass is 398 g/mol. The van der Waals surface area contributed by atoms with E-state index in [1.807, 2.05) is 6.20 Å². The predicted octanol–water partition coefficient (Wildman–Crippen LogP) is 3.14. The van der Waals surface area contributed by atoms with Gasteiger partial charge in [-0.3, -0.25) is 4.90 Å². The number of rotatable bonds is 6. The van der Waals surface area contributed by atoms with E-state index in [1.165, 1.54) is 19.4 Å². The maximum absolute atomic E-state index is 5.52. The number of piperidine rings is 1. The highest BCUT2D eigenvalue weighted by atomic mass is 16.5. The van der Waals surface area contributed by atoms with Crippen molar-refractivity contribution in [2.45, 2.75) is 40.2 Å². The molecule has 7 heteroatoms. The van der Waals surface area contributed by atoms with Gasteiger partial charge in [-0.2, -0.15) is 4.98 Å². The molecule has 0 N–H and O–H groups in total. The molecule has 0 radical (unpaired) electrons. The Morgan fingerprint density at radius 3 is 2.59 bits per heavy atom. The summed E-state index contributed by atoms with van der Waals surface area (Å²) >= 11 is 0. The second-order valence-electron chi connectivity index (χ2n) is 9.08. The maximum atomic E-state index is 5.52. The van der Waals surface area contributed by atoms with Crippen LogP contribution < -0.4 is 4.90 Å².